The van der Waals surface area contributed by atoms with Crippen LogP contribution < -0.4 is 11.1 Å². The van der Waals surface area contributed by atoms with Crippen molar-refractivity contribution >= 4 is 38.9 Å². The number of rotatable bonds is 3. The average molecular weight is 338 g/mol. The maximum absolute atomic E-state index is 11.1. The summed E-state index contributed by atoms with van der Waals surface area (Å²) in [6.07, 6.45) is 1.19. The van der Waals surface area contributed by atoms with Crippen molar-refractivity contribution in [2.75, 3.05) is 11.1 Å². The summed E-state index contributed by atoms with van der Waals surface area (Å²) in [5, 5.41) is 14.0. The lowest BCUT2D eigenvalue weighted by atomic mass is 10.1. The molecule has 2 aromatic rings. The second kappa shape index (κ2) is 5.41. The second-order valence-corrected chi connectivity index (χ2v) is 5.17. The quantitative estimate of drug-likeness (QED) is 0.658. The van der Waals surface area contributed by atoms with E-state index in [2.05, 4.69) is 31.2 Å². The first-order chi connectivity index (χ1) is 9.40. The summed E-state index contributed by atoms with van der Waals surface area (Å²) in [6, 6.07) is 3.82. The van der Waals surface area contributed by atoms with Crippen molar-refractivity contribution in [3.8, 4) is 0 Å². The number of nitrogens with two attached hydrogens (primary N) is 1. The average Bonchev–Trinajstić information content (AvgIpc) is 2.33. The van der Waals surface area contributed by atoms with Gasteiger partial charge in [-0.3, -0.25) is 10.1 Å². The van der Waals surface area contributed by atoms with Crippen LogP contribution in [-0.2, 0) is 0 Å². The highest BCUT2D eigenvalue weighted by molar-refractivity contribution is 9.10. The summed E-state index contributed by atoms with van der Waals surface area (Å²) in [4.78, 5) is 18.0. The first-order valence-corrected chi connectivity index (χ1v) is 6.48. The Labute approximate surface area is 123 Å². The van der Waals surface area contributed by atoms with Crippen molar-refractivity contribution in [3.05, 3.63) is 44.2 Å². The molecule has 0 aliphatic heterocycles. The molecule has 104 valence electrons. The number of nitrogens with one attached hydrogen (secondary N) is 1. The fraction of sp³-hybridized carbons (Fsp3) is 0.167. The second-order valence-electron chi connectivity index (χ2n) is 4.25. The summed E-state index contributed by atoms with van der Waals surface area (Å²) < 4.78 is 0.940. The van der Waals surface area contributed by atoms with E-state index in [1.807, 2.05) is 26.0 Å². The number of nitro groups is 1. The Morgan fingerprint density at radius 1 is 1.30 bits per heavy atom. The number of aromatic nitrogens is 2. The van der Waals surface area contributed by atoms with Gasteiger partial charge in [0, 0.05) is 10.2 Å². The molecule has 0 fully saturated rings. The molecule has 0 amide bonds. The third-order valence-corrected chi connectivity index (χ3v) is 3.23. The first kappa shape index (κ1) is 14.2. The summed E-state index contributed by atoms with van der Waals surface area (Å²) in [6.45, 7) is 3.80. The molecule has 0 aliphatic rings. The third-order valence-electron chi connectivity index (χ3n) is 2.77. The van der Waals surface area contributed by atoms with E-state index in [1.165, 1.54) is 6.33 Å². The zero-order chi connectivity index (χ0) is 14.9. The van der Waals surface area contributed by atoms with Gasteiger partial charge in [0.2, 0.25) is 11.6 Å². The molecule has 1 heterocycles. The van der Waals surface area contributed by atoms with E-state index >= 15 is 0 Å². The molecule has 0 spiro atoms. The number of nitrogen functional groups attached to an aromatic ring is 1. The highest BCUT2D eigenvalue weighted by Crippen LogP contribution is 2.32. The molecule has 0 unspecified atom stereocenters. The van der Waals surface area contributed by atoms with Gasteiger partial charge in [-0.1, -0.05) is 15.9 Å². The number of hydrogen-bond donors (Lipinski definition) is 2. The van der Waals surface area contributed by atoms with Crippen molar-refractivity contribution in [1.29, 1.82) is 0 Å². The number of hydrogen-bond acceptors (Lipinski definition) is 6. The van der Waals surface area contributed by atoms with Crippen LogP contribution in [0.25, 0.3) is 0 Å². The molecule has 7 nitrogen and oxygen atoms in total. The topological polar surface area (TPSA) is 107 Å². The first-order valence-electron chi connectivity index (χ1n) is 5.68. The molecule has 0 saturated heterocycles. The Morgan fingerprint density at radius 3 is 2.45 bits per heavy atom. The number of benzene rings is 1. The molecule has 0 saturated carbocycles. The molecule has 0 bridgehead atoms. The van der Waals surface area contributed by atoms with Crippen LogP contribution in [0.3, 0.4) is 0 Å². The highest BCUT2D eigenvalue weighted by atomic mass is 79.9. The Hall–Kier alpha value is -2.22. The fourth-order valence-electron chi connectivity index (χ4n) is 1.89. The van der Waals surface area contributed by atoms with E-state index in [-0.39, 0.29) is 17.3 Å². The van der Waals surface area contributed by atoms with Crippen LogP contribution >= 0.6 is 15.9 Å². The predicted molar refractivity (Wildman–Crippen MR) is 80.0 cm³/mol. The molecular formula is C12H12BrN5O2. The molecule has 3 N–H and O–H groups in total. The largest absolute Gasteiger partial charge is 0.378 e. The van der Waals surface area contributed by atoms with Crippen molar-refractivity contribution < 1.29 is 4.92 Å². The lowest BCUT2D eigenvalue weighted by molar-refractivity contribution is -0.383. The van der Waals surface area contributed by atoms with E-state index in [4.69, 9.17) is 5.73 Å². The van der Waals surface area contributed by atoms with Crippen molar-refractivity contribution in [2.45, 2.75) is 13.8 Å². The van der Waals surface area contributed by atoms with Gasteiger partial charge in [0.05, 0.1) is 4.92 Å². The molecule has 20 heavy (non-hydrogen) atoms. The molecule has 1 aromatic carbocycles. The van der Waals surface area contributed by atoms with Crippen LogP contribution in [0.1, 0.15) is 11.1 Å². The molecule has 0 atom stereocenters. The lowest BCUT2D eigenvalue weighted by Crippen LogP contribution is -2.06. The monoisotopic (exact) mass is 337 g/mol. The van der Waals surface area contributed by atoms with Crippen LogP contribution in [0.4, 0.5) is 23.0 Å². The Balaban J connectivity index is 2.51. The van der Waals surface area contributed by atoms with Crippen molar-refractivity contribution in [1.82, 2.24) is 9.97 Å². The maximum atomic E-state index is 11.1. The normalized spacial score (nSPS) is 10.3. The van der Waals surface area contributed by atoms with Crippen LogP contribution in [0.5, 0.6) is 0 Å². The molecule has 0 aliphatic carbocycles. The van der Waals surface area contributed by atoms with Crippen LogP contribution in [0.15, 0.2) is 22.9 Å². The fourth-order valence-corrected chi connectivity index (χ4v) is 2.58. The number of nitrogens with zero attached hydrogens (tertiary/aromatic N) is 3. The number of halogens is 1. The maximum Gasteiger partial charge on any atom is 0.353 e. The summed E-state index contributed by atoms with van der Waals surface area (Å²) >= 11 is 3.40. The number of aryl methyl sites for hydroxylation is 2. The SMILES string of the molecule is Cc1cc(Br)cc(C)c1Nc1ncnc(N)c1[N+](=O)[O-]. The highest BCUT2D eigenvalue weighted by Gasteiger charge is 2.21. The zero-order valence-corrected chi connectivity index (χ0v) is 12.4. The van der Waals surface area contributed by atoms with E-state index in [0.717, 1.165) is 21.3 Å². The van der Waals surface area contributed by atoms with Gasteiger partial charge in [-0.2, -0.15) is 0 Å². The van der Waals surface area contributed by atoms with Crippen molar-refractivity contribution in [3.63, 3.8) is 0 Å². The summed E-state index contributed by atoms with van der Waals surface area (Å²) in [7, 11) is 0. The molecule has 1 aromatic heterocycles. The molecule has 8 heteroatoms. The van der Waals surface area contributed by atoms with E-state index < -0.39 is 4.92 Å². The van der Waals surface area contributed by atoms with Crippen LogP contribution in [0.2, 0.25) is 0 Å². The third kappa shape index (κ3) is 2.69. The predicted octanol–water partition coefficient (Wildman–Crippen LogP) is 3.09. The van der Waals surface area contributed by atoms with Crippen LogP contribution in [0, 0.1) is 24.0 Å². The minimum atomic E-state index is -0.596. The van der Waals surface area contributed by atoms with Gasteiger partial charge in [0.15, 0.2) is 0 Å². The summed E-state index contributed by atoms with van der Waals surface area (Å²) in [5.41, 5.74) is 7.84. The number of anilines is 3. The van der Waals surface area contributed by atoms with E-state index in [0.29, 0.717) is 0 Å². The standard InChI is InChI=1S/C12H12BrN5O2/c1-6-3-8(13)4-7(2)9(6)17-12-10(18(19)20)11(14)15-5-16-12/h3-5H,1-2H3,(H3,14,15,16,17). The summed E-state index contributed by atoms with van der Waals surface area (Å²) in [5.74, 6) is -0.0871. The Bertz CT molecular complexity index is 667. The van der Waals surface area contributed by atoms with Gasteiger partial charge in [0.1, 0.15) is 6.33 Å². The van der Waals surface area contributed by atoms with Crippen LogP contribution in [-0.4, -0.2) is 14.9 Å². The minimum absolute atomic E-state index is 0.0797. The molecule has 0 radical (unpaired) electrons. The molecule has 2 rings (SSSR count). The minimum Gasteiger partial charge on any atom is -0.378 e. The molecular weight excluding hydrogens is 326 g/mol. The van der Waals surface area contributed by atoms with E-state index in [1.54, 1.807) is 0 Å². The smallest absolute Gasteiger partial charge is 0.353 e. The lowest BCUT2D eigenvalue weighted by Gasteiger charge is -2.13. The van der Waals surface area contributed by atoms with E-state index in [9.17, 15) is 10.1 Å². The van der Waals surface area contributed by atoms with Gasteiger partial charge in [-0.15, -0.1) is 0 Å². The van der Waals surface area contributed by atoms with Gasteiger partial charge < -0.3 is 11.1 Å². The van der Waals surface area contributed by atoms with Crippen molar-refractivity contribution in [2.24, 2.45) is 0 Å². The van der Waals surface area contributed by atoms with Gasteiger partial charge in [-0.25, -0.2) is 9.97 Å². The zero-order valence-electron chi connectivity index (χ0n) is 10.8. The van der Waals surface area contributed by atoms with Gasteiger partial charge in [0.25, 0.3) is 0 Å². The van der Waals surface area contributed by atoms with Gasteiger partial charge in [-0.05, 0) is 37.1 Å². The Morgan fingerprint density at radius 2 is 1.90 bits per heavy atom. The van der Waals surface area contributed by atoms with Gasteiger partial charge >= 0.3 is 5.69 Å². The Kier molecular flexibility index (Phi) is 3.84.